The lowest BCUT2D eigenvalue weighted by molar-refractivity contribution is -0.142. The maximum Gasteiger partial charge on any atom is 0.306 e. The Morgan fingerprint density at radius 2 is 1.95 bits per heavy atom. The van der Waals surface area contributed by atoms with Crippen molar-refractivity contribution in [3.05, 3.63) is 11.9 Å². The number of aromatic nitrogens is 2. The third-order valence-corrected chi connectivity index (χ3v) is 3.71. The molecule has 110 valence electrons. The molecular weight excluding hydrogens is 256 g/mol. The highest BCUT2D eigenvalue weighted by Gasteiger charge is 2.26. The number of hydrogen-bond donors (Lipinski definition) is 2. The summed E-state index contributed by atoms with van der Waals surface area (Å²) in [7, 11) is 3.90. The second-order valence-electron chi connectivity index (χ2n) is 5.58. The van der Waals surface area contributed by atoms with Gasteiger partial charge in [0, 0.05) is 26.2 Å². The molecule has 0 unspecified atom stereocenters. The summed E-state index contributed by atoms with van der Waals surface area (Å²) in [6.07, 6.45) is 3.21. The molecule has 0 atom stereocenters. The molecule has 0 bridgehead atoms. The summed E-state index contributed by atoms with van der Waals surface area (Å²) in [5, 5.41) is 12.4. The minimum absolute atomic E-state index is 0.183. The van der Waals surface area contributed by atoms with E-state index in [-0.39, 0.29) is 5.92 Å². The van der Waals surface area contributed by atoms with Crippen molar-refractivity contribution in [1.82, 2.24) is 9.97 Å². The summed E-state index contributed by atoms with van der Waals surface area (Å²) in [6.45, 7) is 1.87. The highest BCUT2D eigenvalue weighted by Crippen LogP contribution is 2.27. The Hall–Kier alpha value is -1.85. The van der Waals surface area contributed by atoms with Crippen LogP contribution < -0.4 is 10.2 Å². The molecule has 1 saturated carbocycles. The van der Waals surface area contributed by atoms with Gasteiger partial charge in [-0.05, 0) is 32.6 Å². The Morgan fingerprint density at radius 3 is 2.50 bits per heavy atom. The lowest BCUT2D eigenvalue weighted by atomic mass is 9.86. The Labute approximate surface area is 119 Å². The third-order valence-electron chi connectivity index (χ3n) is 3.71. The molecule has 0 spiro atoms. The Balaban J connectivity index is 1.99. The normalized spacial score (nSPS) is 22.4. The average molecular weight is 278 g/mol. The number of carbonyl (C=O) groups is 1. The molecule has 2 N–H and O–H groups in total. The van der Waals surface area contributed by atoms with Crippen LogP contribution in [0.1, 0.15) is 31.5 Å². The second-order valence-corrected chi connectivity index (χ2v) is 5.58. The quantitative estimate of drug-likeness (QED) is 0.876. The molecule has 0 amide bonds. The van der Waals surface area contributed by atoms with Gasteiger partial charge in [-0.25, -0.2) is 9.97 Å². The molecule has 1 aliphatic carbocycles. The number of aryl methyl sites for hydroxylation is 1. The van der Waals surface area contributed by atoms with Gasteiger partial charge in [0.25, 0.3) is 0 Å². The first-order valence-corrected chi connectivity index (χ1v) is 6.98. The van der Waals surface area contributed by atoms with Gasteiger partial charge in [0.2, 0.25) is 0 Å². The predicted octanol–water partition coefficient (Wildman–Crippen LogP) is 1.91. The van der Waals surface area contributed by atoms with E-state index in [1.54, 1.807) is 0 Å². The predicted molar refractivity (Wildman–Crippen MR) is 78.1 cm³/mol. The molecule has 1 aromatic rings. The van der Waals surface area contributed by atoms with Crippen LogP contribution in [0.5, 0.6) is 0 Å². The van der Waals surface area contributed by atoms with E-state index in [2.05, 4.69) is 15.3 Å². The van der Waals surface area contributed by atoms with Crippen LogP contribution in [0.25, 0.3) is 0 Å². The van der Waals surface area contributed by atoms with Gasteiger partial charge >= 0.3 is 5.97 Å². The Morgan fingerprint density at radius 1 is 1.30 bits per heavy atom. The van der Waals surface area contributed by atoms with Gasteiger partial charge in [0.1, 0.15) is 17.5 Å². The summed E-state index contributed by atoms with van der Waals surface area (Å²) in [4.78, 5) is 21.6. The van der Waals surface area contributed by atoms with E-state index in [0.29, 0.717) is 6.04 Å². The molecule has 0 radical (unpaired) electrons. The van der Waals surface area contributed by atoms with E-state index in [9.17, 15) is 4.79 Å². The van der Waals surface area contributed by atoms with Crippen LogP contribution in [0.2, 0.25) is 0 Å². The van der Waals surface area contributed by atoms with E-state index in [0.717, 1.165) is 43.1 Å². The van der Waals surface area contributed by atoms with Gasteiger partial charge < -0.3 is 15.3 Å². The molecule has 1 aliphatic rings. The zero-order chi connectivity index (χ0) is 14.7. The van der Waals surface area contributed by atoms with Crippen LogP contribution in [0, 0.1) is 12.8 Å². The topological polar surface area (TPSA) is 78.3 Å². The zero-order valence-electron chi connectivity index (χ0n) is 12.3. The highest BCUT2D eigenvalue weighted by molar-refractivity contribution is 5.70. The summed E-state index contributed by atoms with van der Waals surface area (Å²) in [6, 6.07) is 2.23. The van der Waals surface area contributed by atoms with E-state index in [1.807, 2.05) is 32.0 Å². The SMILES string of the molecule is Cc1nc(NC2CCC(C(=O)O)CC2)cc(N(C)C)n1. The highest BCUT2D eigenvalue weighted by atomic mass is 16.4. The van der Waals surface area contributed by atoms with Crippen LogP contribution in [0.3, 0.4) is 0 Å². The molecular formula is C14H22N4O2. The molecule has 6 nitrogen and oxygen atoms in total. The first-order chi connectivity index (χ1) is 9.45. The van der Waals surface area contributed by atoms with Gasteiger partial charge in [-0.15, -0.1) is 0 Å². The van der Waals surface area contributed by atoms with Crippen LogP contribution >= 0.6 is 0 Å². The van der Waals surface area contributed by atoms with Crippen molar-refractivity contribution in [3.8, 4) is 0 Å². The van der Waals surface area contributed by atoms with Gasteiger partial charge in [0.05, 0.1) is 5.92 Å². The third kappa shape index (κ3) is 3.59. The molecule has 0 aliphatic heterocycles. The van der Waals surface area contributed by atoms with Crippen molar-refractivity contribution in [2.75, 3.05) is 24.3 Å². The minimum atomic E-state index is -0.670. The van der Waals surface area contributed by atoms with Crippen LogP contribution in [-0.2, 0) is 4.79 Å². The van der Waals surface area contributed by atoms with Crippen molar-refractivity contribution in [2.45, 2.75) is 38.6 Å². The van der Waals surface area contributed by atoms with Gasteiger partial charge in [-0.2, -0.15) is 0 Å². The average Bonchev–Trinajstić information content (AvgIpc) is 2.38. The van der Waals surface area contributed by atoms with E-state index >= 15 is 0 Å². The first kappa shape index (κ1) is 14.6. The second kappa shape index (κ2) is 6.07. The monoisotopic (exact) mass is 278 g/mol. The Bertz CT molecular complexity index is 482. The molecule has 1 fully saturated rings. The zero-order valence-corrected chi connectivity index (χ0v) is 12.3. The number of nitrogens with one attached hydrogen (secondary N) is 1. The summed E-state index contributed by atoms with van der Waals surface area (Å²) in [5.74, 6) is 1.57. The molecule has 0 saturated heterocycles. The Kier molecular flexibility index (Phi) is 4.42. The fraction of sp³-hybridized carbons (Fsp3) is 0.643. The lowest BCUT2D eigenvalue weighted by Crippen LogP contribution is -2.29. The van der Waals surface area contributed by atoms with Crippen molar-refractivity contribution in [3.63, 3.8) is 0 Å². The van der Waals surface area contributed by atoms with Crippen LogP contribution in [0.4, 0.5) is 11.6 Å². The molecule has 20 heavy (non-hydrogen) atoms. The number of rotatable bonds is 4. The van der Waals surface area contributed by atoms with E-state index in [4.69, 9.17) is 5.11 Å². The number of carboxylic acid groups (broad SMARTS) is 1. The van der Waals surface area contributed by atoms with Crippen molar-refractivity contribution in [1.29, 1.82) is 0 Å². The first-order valence-electron chi connectivity index (χ1n) is 6.98. The van der Waals surface area contributed by atoms with E-state index < -0.39 is 5.97 Å². The summed E-state index contributed by atoms with van der Waals surface area (Å²) >= 11 is 0. The number of hydrogen-bond acceptors (Lipinski definition) is 5. The van der Waals surface area contributed by atoms with Crippen LogP contribution in [-0.4, -0.2) is 41.2 Å². The number of carboxylic acids is 1. The number of anilines is 2. The lowest BCUT2D eigenvalue weighted by Gasteiger charge is -2.27. The van der Waals surface area contributed by atoms with Crippen LogP contribution in [0.15, 0.2) is 6.07 Å². The molecule has 1 heterocycles. The van der Waals surface area contributed by atoms with Crippen molar-refractivity contribution >= 4 is 17.6 Å². The van der Waals surface area contributed by atoms with Crippen molar-refractivity contribution < 1.29 is 9.90 Å². The molecule has 2 rings (SSSR count). The molecule has 0 aromatic carbocycles. The standard InChI is InChI=1S/C14H22N4O2/c1-9-15-12(8-13(16-9)18(2)3)17-11-6-4-10(5-7-11)14(19)20/h8,10-11H,4-7H2,1-3H3,(H,19,20)(H,15,16,17). The van der Waals surface area contributed by atoms with E-state index in [1.165, 1.54) is 0 Å². The maximum absolute atomic E-state index is 10.9. The number of aliphatic carboxylic acids is 1. The maximum atomic E-state index is 10.9. The van der Waals surface area contributed by atoms with Gasteiger partial charge in [0.15, 0.2) is 0 Å². The summed E-state index contributed by atoms with van der Waals surface area (Å²) < 4.78 is 0. The fourth-order valence-corrected chi connectivity index (χ4v) is 2.55. The fourth-order valence-electron chi connectivity index (χ4n) is 2.55. The number of nitrogens with zero attached hydrogens (tertiary/aromatic N) is 3. The molecule has 6 heteroatoms. The summed E-state index contributed by atoms with van der Waals surface area (Å²) in [5.41, 5.74) is 0. The van der Waals surface area contributed by atoms with Gasteiger partial charge in [-0.1, -0.05) is 0 Å². The minimum Gasteiger partial charge on any atom is -0.481 e. The molecule has 1 aromatic heterocycles. The van der Waals surface area contributed by atoms with Crippen molar-refractivity contribution in [2.24, 2.45) is 5.92 Å². The van der Waals surface area contributed by atoms with Gasteiger partial charge in [-0.3, -0.25) is 4.79 Å². The largest absolute Gasteiger partial charge is 0.481 e. The smallest absolute Gasteiger partial charge is 0.306 e.